The Hall–Kier alpha value is -2.34. The van der Waals surface area contributed by atoms with Crippen LogP contribution in [0.15, 0.2) is 60.7 Å². The van der Waals surface area contributed by atoms with Gasteiger partial charge in [0.15, 0.2) is 5.78 Å². The summed E-state index contributed by atoms with van der Waals surface area (Å²) >= 11 is 1.51. The molecule has 0 atom stereocenters. The first-order valence-corrected chi connectivity index (χ1v) is 10.6. The number of ether oxygens (including phenoxy) is 1. The Labute approximate surface area is 169 Å². The summed E-state index contributed by atoms with van der Waals surface area (Å²) in [6.07, 6.45) is 1.42. The van der Waals surface area contributed by atoms with E-state index in [1.165, 1.54) is 11.3 Å². The second-order valence-corrected chi connectivity index (χ2v) is 7.91. The molecule has 0 radical (unpaired) electrons. The zero-order chi connectivity index (χ0) is 19.2. The largest absolute Gasteiger partial charge is 0.379 e. The Morgan fingerprint density at radius 2 is 1.61 bits per heavy atom. The van der Waals surface area contributed by atoms with E-state index in [0.29, 0.717) is 6.42 Å². The first kappa shape index (κ1) is 19.0. The van der Waals surface area contributed by atoms with E-state index in [2.05, 4.69) is 4.90 Å². The van der Waals surface area contributed by atoms with Crippen LogP contribution < -0.4 is 0 Å². The average Bonchev–Trinajstić information content (AvgIpc) is 3.21. The van der Waals surface area contributed by atoms with E-state index >= 15 is 0 Å². The van der Waals surface area contributed by atoms with Gasteiger partial charge in [0.05, 0.1) is 23.8 Å². The van der Waals surface area contributed by atoms with Crippen molar-refractivity contribution < 1.29 is 9.53 Å². The number of morpholine rings is 1. The Morgan fingerprint density at radius 3 is 2.29 bits per heavy atom. The first-order chi connectivity index (χ1) is 13.8. The molecule has 1 saturated heterocycles. The maximum atomic E-state index is 13.1. The van der Waals surface area contributed by atoms with Gasteiger partial charge < -0.3 is 4.74 Å². The molecule has 144 valence electrons. The molecule has 2 aromatic carbocycles. The maximum absolute atomic E-state index is 13.1. The van der Waals surface area contributed by atoms with Crippen LogP contribution in [0, 0.1) is 0 Å². The molecule has 0 bridgehead atoms. The number of rotatable bonds is 7. The molecule has 1 aromatic heterocycles. The predicted octanol–water partition coefficient (Wildman–Crippen LogP) is 4.77. The molecule has 0 N–H and O–H groups in total. The maximum Gasteiger partial charge on any atom is 0.175 e. The predicted molar refractivity (Wildman–Crippen MR) is 114 cm³/mol. The molecule has 0 aliphatic carbocycles. The molecule has 2 heterocycles. The van der Waals surface area contributed by atoms with E-state index in [1.807, 2.05) is 60.7 Å². The summed E-state index contributed by atoms with van der Waals surface area (Å²) < 4.78 is 5.39. The van der Waals surface area contributed by atoms with E-state index in [-0.39, 0.29) is 5.78 Å². The highest BCUT2D eigenvalue weighted by molar-refractivity contribution is 7.17. The van der Waals surface area contributed by atoms with Crippen LogP contribution in [0.2, 0.25) is 0 Å². The van der Waals surface area contributed by atoms with Crippen LogP contribution in [-0.4, -0.2) is 48.5 Å². The van der Waals surface area contributed by atoms with Crippen molar-refractivity contribution in [3.63, 3.8) is 0 Å². The molecule has 0 amide bonds. The van der Waals surface area contributed by atoms with Crippen LogP contribution in [0.25, 0.3) is 21.8 Å². The van der Waals surface area contributed by atoms with E-state index in [9.17, 15) is 4.79 Å². The molecule has 1 fully saturated rings. The second kappa shape index (κ2) is 9.24. The van der Waals surface area contributed by atoms with Gasteiger partial charge >= 0.3 is 0 Å². The van der Waals surface area contributed by atoms with E-state index in [4.69, 9.17) is 9.72 Å². The topological polar surface area (TPSA) is 42.4 Å². The van der Waals surface area contributed by atoms with Crippen molar-refractivity contribution in [1.82, 2.24) is 9.88 Å². The van der Waals surface area contributed by atoms with Crippen LogP contribution in [0.4, 0.5) is 0 Å². The first-order valence-electron chi connectivity index (χ1n) is 9.76. The molecule has 4 nitrogen and oxygen atoms in total. The zero-order valence-electron chi connectivity index (χ0n) is 15.8. The van der Waals surface area contributed by atoms with E-state index < -0.39 is 0 Å². The van der Waals surface area contributed by atoms with Crippen molar-refractivity contribution in [3.05, 3.63) is 65.5 Å². The monoisotopic (exact) mass is 392 g/mol. The van der Waals surface area contributed by atoms with E-state index in [1.54, 1.807) is 0 Å². The molecule has 3 aromatic rings. The van der Waals surface area contributed by atoms with Gasteiger partial charge in [0, 0.05) is 30.6 Å². The van der Waals surface area contributed by atoms with Crippen LogP contribution >= 0.6 is 11.3 Å². The molecule has 28 heavy (non-hydrogen) atoms. The van der Waals surface area contributed by atoms with Crippen LogP contribution in [-0.2, 0) is 4.74 Å². The zero-order valence-corrected chi connectivity index (χ0v) is 16.7. The van der Waals surface area contributed by atoms with Gasteiger partial charge in [-0.05, 0) is 13.0 Å². The third-order valence-corrected chi connectivity index (χ3v) is 6.08. The second-order valence-electron chi connectivity index (χ2n) is 6.91. The Morgan fingerprint density at radius 1 is 0.964 bits per heavy atom. The SMILES string of the molecule is O=C(CCCN1CCOCC1)c1sc(-c2ccccc2)nc1-c1ccccc1. The van der Waals surface area contributed by atoms with Crippen molar-refractivity contribution in [2.45, 2.75) is 12.8 Å². The van der Waals surface area contributed by atoms with Gasteiger partial charge in [-0.2, -0.15) is 0 Å². The van der Waals surface area contributed by atoms with Crippen molar-refractivity contribution in [1.29, 1.82) is 0 Å². The van der Waals surface area contributed by atoms with Crippen LogP contribution in [0.5, 0.6) is 0 Å². The summed E-state index contributed by atoms with van der Waals surface area (Å²) in [6.45, 7) is 4.45. The van der Waals surface area contributed by atoms with Gasteiger partial charge in [-0.3, -0.25) is 9.69 Å². The smallest absolute Gasteiger partial charge is 0.175 e. The summed E-state index contributed by atoms with van der Waals surface area (Å²) in [5, 5.41) is 0.899. The summed E-state index contributed by atoms with van der Waals surface area (Å²) in [5.41, 5.74) is 2.86. The minimum Gasteiger partial charge on any atom is -0.379 e. The highest BCUT2D eigenvalue weighted by Gasteiger charge is 2.20. The third kappa shape index (κ3) is 4.55. The molecule has 0 unspecified atom stereocenters. The Kier molecular flexibility index (Phi) is 6.27. The number of nitrogens with zero attached hydrogens (tertiary/aromatic N) is 2. The lowest BCUT2D eigenvalue weighted by Gasteiger charge is -2.26. The number of carbonyl (C=O) groups excluding carboxylic acids is 1. The summed E-state index contributed by atoms with van der Waals surface area (Å²) in [4.78, 5) is 21.0. The quantitative estimate of drug-likeness (QED) is 0.543. The van der Waals surface area contributed by atoms with Crippen LogP contribution in [0.1, 0.15) is 22.5 Å². The standard InChI is InChI=1S/C23H24N2O2S/c26-20(12-7-13-25-14-16-27-17-15-25)22-21(18-8-3-1-4-9-18)24-23(28-22)19-10-5-2-6-11-19/h1-6,8-11H,7,12-17H2. The fraction of sp³-hybridized carbons (Fsp3) is 0.304. The minimum atomic E-state index is 0.187. The van der Waals surface area contributed by atoms with Gasteiger partial charge in [-0.15, -0.1) is 11.3 Å². The molecule has 0 spiro atoms. The number of aromatic nitrogens is 1. The normalized spacial score (nSPS) is 14.9. The Balaban J connectivity index is 1.54. The molecular formula is C23H24N2O2S. The fourth-order valence-electron chi connectivity index (χ4n) is 3.41. The van der Waals surface area contributed by atoms with Crippen LogP contribution in [0.3, 0.4) is 0 Å². The van der Waals surface area contributed by atoms with Gasteiger partial charge in [0.25, 0.3) is 0 Å². The Bertz CT molecular complexity index is 903. The van der Waals surface area contributed by atoms with Gasteiger partial charge in [0.1, 0.15) is 5.01 Å². The molecule has 0 saturated carbocycles. The van der Waals surface area contributed by atoms with Gasteiger partial charge in [-0.1, -0.05) is 60.7 Å². The van der Waals surface area contributed by atoms with Gasteiger partial charge in [0.2, 0.25) is 0 Å². The van der Waals surface area contributed by atoms with Gasteiger partial charge in [-0.25, -0.2) is 4.98 Å². The molecular weight excluding hydrogens is 368 g/mol. The summed E-state index contributed by atoms with van der Waals surface area (Å²) in [6, 6.07) is 20.1. The number of carbonyl (C=O) groups is 1. The average molecular weight is 393 g/mol. The van der Waals surface area contributed by atoms with Crippen molar-refractivity contribution in [2.24, 2.45) is 0 Å². The molecule has 1 aliphatic heterocycles. The number of hydrogen-bond acceptors (Lipinski definition) is 5. The lowest BCUT2D eigenvalue weighted by molar-refractivity contribution is 0.0371. The summed E-state index contributed by atoms with van der Waals surface area (Å²) in [7, 11) is 0. The lowest BCUT2D eigenvalue weighted by atomic mass is 10.1. The number of Topliss-reactive ketones (excluding diaryl/α,β-unsaturated/α-hetero) is 1. The van der Waals surface area contributed by atoms with Crippen molar-refractivity contribution in [2.75, 3.05) is 32.8 Å². The summed E-state index contributed by atoms with van der Waals surface area (Å²) in [5.74, 6) is 0.187. The lowest BCUT2D eigenvalue weighted by Crippen LogP contribution is -2.36. The molecule has 1 aliphatic rings. The molecule has 4 rings (SSSR count). The number of benzene rings is 2. The van der Waals surface area contributed by atoms with Crippen molar-refractivity contribution >= 4 is 17.1 Å². The molecule has 5 heteroatoms. The minimum absolute atomic E-state index is 0.187. The van der Waals surface area contributed by atoms with Crippen molar-refractivity contribution in [3.8, 4) is 21.8 Å². The highest BCUT2D eigenvalue weighted by atomic mass is 32.1. The third-order valence-electron chi connectivity index (χ3n) is 4.93. The van der Waals surface area contributed by atoms with E-state index in [0.717, 1.165) is 66.0 Å². The highest BCUT2D eigenvalue weighted by Crippen LogP contribution is 2.34. The fourth-order valence-corrected chi connectivity index (χ4v) is 4.47. The number of hydrogen-bond donors (Lipinski definition) is 0. The number of ketones is 1. The number of thiazole rings is 1.